The lowest BCUT2D eigenvalue weighted by Crippen LogP contribution is -1.92. The van der Waals surface area contributed by atoms with Crippen molar-refractivity contribution in [3.8, 4) is 17.5 Å². The standard InChI is InChI=1S/C12H9N2/c1-2-6-11-9-13-14(10-11)12-7-4-3-5-8-12/h3-5,7-10H,1H2. The summed E-state index contributed by atoms with van der Waals surface area (Å²) < 4.78 is 1.79. The summed E-state index contributed by atoms with van der Waals surface area (Å²) in [7, 11) is 0. The molecule has 0 N–H and O–H groups in total. The number of nitrogens with zero attached hydrogens (tertiary/aromatic N) is 2. The first-order valence-corrected chi connectivity index (χ1v) is 4.28. The van der Waals surface area contributed by atoms with Crippen molar-refractivity contribution in [3.63, 3.8) is 0 Å². The van der Waals surface area contributed by atoms with Crippen LogP contribution in [0.1, 0.15) is 5.56 Å². The average molecular weight is 181 g/mol. The second-order valence-corrected chi connectivity index (χ2v) is 2.81. The van der Waals surface area contributed by atoms with Gasteiger partial charge in [-0.3, -0.25) is 0 Å². The highest BCUT2D eigenvalue weighted by atomic mass is 15.3. The van der Waals surface area contributed by atoms with Gasteiger partial charge in [-0.2, -0.15) is 5.10 Å². The van der Waals surface area contributed by atoms with Gasteiger partial charge in [0.05, 0.1) is 17.4 Å². The molecule has 14 heavy (non-hydrogen) atoms. The molecular weight excluding hydrogens is 172 g/mol. The number of hydrogen-bond donors (Lipinski definition) is 0. The van der Waals surface area contributed by atoms with Gasteiger partial charge in [-0.25, -0.2) is 4.68 Å². The van der Waals surface area contributed by atoms with E-state index in [-0.39, 0.29) is 0 Å². The largest absolute Gasteiger partial charge is 0.240 e. The Balaban J connectivity index is 2.37. The van der Waals surface area contributed by atoms with E-state index < -0.39 is 0 Å². The molecule has 1 aromatic heterocycles. The molecule has 2 heteroatoms. The van der Waals surface area contributed by atoms with Crippen LogP contribution in [0.4, 0.5) is 0 Å². The second-order valence-electron chi connectivity index (χ2n) is 2.81. The molecule has 0 saturated carbocycles. The van der Waals surface area contributed by atoms with Crippen molar-refractivity contribution in [1.29, 1.82) is 0 Å². The van der Waals surface area contributed by atoms with Gasteiger partial charge in [0.1, 0.15) is 0 Å². The summed E-state index contributed by atoms with van der Waals surface area (Å²) in [6.07, 6.45) is 3.61. The topological polar surface area (TPSA) is 17.8 Å². The molecule has 0 spiro atoms. The third-order valence-electron chi connectivity index (χ3n) is 1.84. The third kappa shape index (κ3) is 1.67. The molecule has 2 nitrogen and oxygen atoms in total. The predicted molar refractivity (Wildman–Crippen MR) is 55.8 cm³/mol. The normalized spacial score (nSPS) is 9.21. The third-order valence-corrected chi connectivity index (χ3v) is 1.84. The molecule has 0 aliphatic carbocycles. The van der Waals surface area contributed by atoms with Gasteiger partial charge in [0.25, 0.3) is 0 Å². The Labute approximate surface area is 83.2 Å². The molecule has 0 bridgehead atoms. The van der Waals surface area contributed by atoms with Crippen LogP contribution in [0.25, 0.3) is 5.69 Å². The molecule has 2 aromatic rings. The fourth-order valence-corrected chi connectivity index (χ4v) is 1.21. The fraction of sp³-hybridized carbons (Fsp3) is 0. The molecule has 67 valence electrons. The summed E-state index contributed by atoms with van der Waals surface area (Å²) in [5, 5.41) is 4.19. The SMILES string of the molecule is [CH2]C#Cc1cnn(-c2ccccc2)c1. The van der Waals surface area contributed by atoms with E-state index in [1.807, 2.05) is 36.5 Å². The molecular formula is C12H9N2. The summed E-state index contributed by atoms with van der Waals surface area (Å²) in [6, 6.07) is 9.92. The van der Waals surface area contributed by atoms with Gasteiger partial charge in [0.15, 0.2) is 0 Å². The molecule has 1 aromatic carbocycles. The highest BCUT2D eigenvalue weighted by Gasteiger charge is 1.96. The van der Waals surface area contributed by atoms with Crippen LogP contribution in [-0.4, -0.2) is 9.78 Å². The first-order chi connectivity index (χ1) is 6.90. The lowest BCUT2D eigenvalue weighted by Gasteiger charge is -1.97. The molecule has 0 saturated heterocycles. The molecule has 0 unspecified atom stereocenters. The Hall–Kier alpha value is -2.01. The molecule has 0 aliphatic heterocycles. The van der Waals surface area contributed by atoms with E-state index in [0.29, 0.717) is 0 Å². The number of benzene rings is 1. The van der Waals surface area contributed by atoms with Crippen LogP contribution in [0.3, 0.4) is 0 Å². The predicted octanol–water partition coefficient (Wildman–Crippen LogP) is 2.06. The minimum atomic E-state index is 0.879. The smallest absolute Gasteiger partial charge is 0.0651 e. The highest BCUT2D eigenvalue weighted by Crippen LogP contribution is 2.06. The van der Waals surface area contributed by atoms with Crippen molar-refractivity contribution in [1.82, 2.24) is 9.78 Å². The van der Waals surface area contributed by atoms with E-state index >= 15 is 0 Å². The van der Waals surface area contributed by atoms with Crippen molar-refractivity contribution < 1.29 is 0 Å². The number of para-hydroxylation sites is 1. The van der Waals surface area contributed by atoms with Crippen LogP contribution in [-0.2, 0) is 0 Å². The van der Waals surface area contributed by atoms with Crippen LogP contribution in [0.5, 0.6) is 0 Å². The van der Waals surface area contributed by atoms with Gasteiger partial charge in [-0.1, -0.05) is 30.0 Å². The molecule has 0 aliphatic rings. The van der Waals surface area contributed by atoms with Gasteiger partial charge >= 0.3 is 0 Å². The first kappa shape index (κ1) is 8.58. The minimum Gasteiger partial charge on any atom is -0.240 e. The molecule has 0 fully saturated rings. The molecule has 1 radical (unpaired) electrons. The number of aromatic nitrogens is 2. The van der Waals surface area contributed by atoms with Crippen molar-refractivity contribution in [2.75, 3.05) is 0 Å². The van der Waals surface area contributed by atoms with E-state index in [1.165, 1.54) is 0 Å². The zero-order valence-electron chi connectivity index (χ0n) is 7.64. The van der Waals surface area contributed by atoms with E-state index in [4.69, 9.17) is 0 Å². The first-order valence-electron chi connectivity index (χ1n) is 4.28. The number of hydrogen-bond acceptors (Lipinski definition) is 1. The zero-order valence-corrected chi connectivity index (χ0v) is 7.64. The Morgan fingerprint density at radius 1 is 1.21 bits per heavy atom. The van der Waals surface area contributed by atoms with E-state index in [0.717, 1.165) is 11.3 Å². The molecule has 0 amide bonds. The number of rotatable bonds is 1. The van der Waals surface area contributed by atoms with E-state index in [1.54, 1.807) is 10.9 Å². The quantitative estimate of drug-likeness (QED) is 0.616. The monoisotopic (exact) mass is 181 g/mol. The van der Waals surface area contributed by atoms with Gasteiger partial charge in [-0.15, -0.1) is 0 Å². The van der Waals surface area contributed by atoms with Gasteiger partial charge in [0.2, 0.25) is 0 Å². The maximum Gasteiger partial charge on any atom is 0.0651 e. The molecule has 2 rings (SSSR count). The van der Waals surface area contributed by atoms with Crippen molar-refractivity contribution in [3.05, 3.63) is 55.2 Å². The van der Waals surface area contributed by atoms with Gasteiger partial charge < -0.3 is 0 Å². The summed E-state index contributed by atoms with van der Waals surface area (Å²) in [4.78, 5) is 0. The lowest BCUT2D eigenvalue weighted by atomic mass is 10.3. The van der Waals surface area contributed by atoms with Gasteiger partial charge in [-0.05, 0) is 12.1 Å². The summed E-state index contributed by atoms with van der Waals surface area (Å²) in [6.45, 7) is 3.46. The molecule has 0 atom stereocenters. The van der Waals surface area contributed by atoms with Crippen molar-refractivity contribution >= 4 is 0 Å². The van der Waals surface area contributed by atoms with Crippen molar-refractivity contribution in [2.24, 2.45) is 0 Å². The van der Waals surface area contributed by atoms with Crippen LogP contribution >= 0.6 is 0 Å². The molecule has 1 heterocycles. The maximum absolute atomic E-state index is 4.19. The highest BCUT2D eigenvalue weighted by molar-refractivity contribution is 5.36. The second kappa shape index (κ2) is 3.80. The maximum atomic E-state index is 4.19. The Kier molecular flexibility index (Phi) is 2.33. The Morgan fingerprint density at radius 3 is 2.71 bits per heavy atom. The summed E-state index contributed by atoms with van der Waals surface area (Å²) in [5.41, 5.74) is 1.91. The van der Waals surface area contributed by atoms with E-state index in [2.05, 4.69) is 23.9 Å². The van der Waals surface area contributed by atoms with E-state index in [9.17, 15) is 0 Å². The van der Waals surface area contributed by atoms with Crippen LogP contribution < -0.4 is 0 Å². The lowest BCUT2D eigenvalue weighted by molar-refractivity contribution is 0.880. The summed E-state index contributed by atoms with van der Waals surface area (Å²) in [5.74, 6) is 5.45. The zero-order chi connectivity index (χ0) is 9.80. The van der Waals surface area contributed by atoms with Crippen LogP contribution in [0, 0.1) is 18.8 Å². The Morgan fingerprint density at radius 2 is 2.00 bits per heavy atom. The minimum absolute atomic E-state index is 0.879. The van der Waals surface area contributed by atoms with Gasteiger partial charge in [0, 0.05) is 13.1 Å². The summed E-state index contributed by atoms with van der Waals surface area (Å²) >= 11 is 0. The van der Waals surface area contributed by atoms with Crippen molar-refractivity contribution in [2.45, 2.75) is 0 Å². The Bertz CT molecular complexity index is 472. The van der Waals surface area contributed by atoms with Crippen LogP contribution in [0.2, 0.25) is 0 Å². The fourth-order valence-electron chi connectivity index (χ4n) is 1.21. The average Bonchev–Trinajstić information content (AvgIpc) is 2.68. The van der Waals surface area contributed by atoms with Crippen LogP contribution in [0.15, 0.2) is 42.7 Å².